The summed E-state index contributed by atoms with van der Waals surface area (Å²) in [4.78, 5) is 16.6. The van der Waals surface area contributed by atoms with E-state index in [2.05, 4.69) is 10.3 Å². The molecule has 4 heteroatoms. The first kappa shape index (κ1) is 11.8. The minimum atomic E-state index is 0.131. The molecule has 1 aromatic heterocycles. The molecule has 4 nitrogen and oxygen atoms in total. The molecule has 0 aromatic carbocycles. The first-order valence-corrected chi connectivity index (χ1v) is 6.53. The molecule has 0 radical (unpaired) electrons. The summed E-state index contributed by atoms with van der Waals surface area (Å²) in [6, 6.07) is 4.39. The van der Waals surface area contributed by atoms with Gasteiger partial charge >= 0.3 is 0 Å². The molecule has 0 saturated carbocycles. The number of pyridine rings is 1. The second kappa shape index (κ2) is 4.78. The summed E-state index contributed by atoms with van der Waals surface area (Å²) in [5.41, 5.74) is 1.70. The number of hydrogen-bond donors (Lipinski definition) is 1. The lowest BCUT2D eigenvalue weighted by molar-refractivity contribution is 0.00952. The molecule has 2 fully saturated rings. The highest BCUT2D eigenvalue weighted by molar-refractivity contribution is 5.98. The van der Waals surface area contributed by atoms with Crippen LogP contribution < -0.4 is 5.32 Å². The highest BCUT2D eigenvalue weighted by atomic mass is 16.5. The smallest absolute Gasteiger partial charge is 0.166 e. The van der Waals surface area contributed by atoms with E-state index in [9.17, 15) is 4.79 Å². The summed E-state index contributed by atoms with van der Waals surface area (Å²) >= 11 is 0. The number of hydrogen-bond acceptors (Lipinski definition) is 4. The fourth-order valence-electron chi connectivity index (χ4n) is 2.99. The summed E-state index contributed by atoms with van der Waals surface area (Å²) in [6.45, 7) is 3.38. The SMILES string of the molecule is Cc1cc(C(=O)C2CC3COCC(C2)N3)ccn1. The topological polar surface area (TPSA) is 51.2 Å². The van der Waals surface area contributed by atoms with E-state index in [1.54, 1.807) is 6.20 Å². The van der Waals surface area contributed by atoms with Crippen LogP contribution in [0.4, 0.5) is 0 Å². The number of fused-ring (bicyclic) bond motifs is 2. The van der Waals surface area contributed by atoms with Gasteiger partial charge in [-0.2, -0.15) is 0 Å². The molecule has 2 unspecified atom stereocenters. The van der Waals surface area contributed by atoms with E-state index < -0.39 is 0 Å². The standard InChI is InChI=1S/C14H18N2O2/c1-9-4-10(2-3-15-9)14(17)11-5-12-7-18-8-13(6-11)16-12/h2-4,11-13,16H,5-8H2,1H3. The molecule has 1 aromatic rings. The monoisotopic (exact) mass is 246 g/mol. The summed E-state index contributed by atoms with van der Waals surface area (Å²) < 4.78 is 5.51. The molecule has 1 N–H and O–H groups in total. The highest BCUT2D eigenvalue weighted by Crippen LogP contribution is 2.27. The molecule has 0 spiro atoms. The maximum absolute atomic E-state index is 12.5. The van der Waals surface area contributed by atoms with Gasteiger partial charge in [0.05, 0.1) is 13.2 Å². The Bertz CT molecular complexity index is 449. The van der Waals surface area contributed by atoms with Crippen LogP contribution in [0.3, 0.4) is 0 Å². The lowest BCUT2D eigenvalue weighted by Crippen LogP contribution is -2.55. The van der Waals surface area contributed by atoms with Crippen LogP contribution in [0.1, 0.15) is 28.9 Å². The number of carbonyl (C=O) groups excluding carboxylic acids is 1. The Morgan fingerprint density at radius 2 is 2.11 bits per heavy atom. The number of ketones is 1. The predicted molar refractivity (Wildman–Crippen MR) is 67.6 cm³/mol. The number of piperidine rings is 1. The molecule has 18 heavy (non-hydrogen) atoms. The number of rotatable bonds is 2. The molecule has 2 bridgehead atoms. The third-order valence-corrected chi connectivity index (χ3v) is 3.80. The van der Waals surface area contributed by atoms with E-state index in [0.717, 1.165) is 37.3 Å². The van der Waals surface area contributed by atoms with Crippen molar-refractivity contribution in [3.8, 4) is 0 Å². The maximum atomic E-state index is 12.5. The van der Waals surface area contributed by atoms with Crippen molar-refractivity contribution in [3.05, 3.63) is 29.6 Å². The Morgan fingerprint density at radius 1 is 1.39 bits per heavy atom. The number of carbonyl (C=O) groups is 1. The molecule has 2 aliphatic heterocycles. The number of ether oxygens (including phenoxy) is 1. The molecule has 2 saturated heterocycles. The summed E-state index contributed by atoms with van der Waals surface area (Å²) in [7, 11) is 0. The van der Waals surface area contributed by atoms with Gasteiger partial charge in [-0.1, -0.05) is 0 Å². The Morgan fingerprint density at radius 3 is 2.78 bits per heavy atom. The maximum Gasteiger partial charge on any atom is 0.166 e. The van der Waals surface area contributed by atoms with Gasteiger partial charge in [-0.25, -0.2) is 0 Å². The van der Waals surface area contributed by atoms with Crippen molar-refractivity contribution in [2.45, 2.75) is 31.8 Å². The molecule has 0 aliphatic carbocycles. The zero-order valence-corrected chi connectivity index (χ0v) is 10.6. The second-order valence-corrected chi connectivity index (χ2v) is 5.32. The van der Waals surface area contributed by atoms with E-state index in [-0.39, 0.29) is 11.7 Å². The van der Waals surface area contributed by atoms with E-state index in [4.69, 9.17) is 4.74 Å². The Labute approximate surface area is 107 Å². The number of Topliss-reactive ketones (excluding diaryl/α,β-unsaturated/α-hetero) is 1. The zero-order chi connectivity index (χ0) is 12.5. The van der Waals surface area contributed by atoms with Crippen molar-refractivity contribution in [1.82, 2.24) is 10.3 Å². The Balaban J connectivity index is 1.76. The van der Waals surface area contributed by atoms with Gasteiger partial charge in [0.25, 0.3) is 0 Å². The van der Waals surface area contributed by atoms with Crippen LogP contribution >= 0.6 is 0 Å². The van der Waals surface area contributed by atoms with Gasteiger partial charge in [0.1, 0.15) is 0 Å². The largest absolute Gasteiger partial charge is 0.378 e. The van der Waals surface area contributed by atoms with Gasteiger partial charge < -0.3 is 10.1 Å². The number of nitrogens with zero attached hydrogens (tertiary/aromatic N) is 1. The molecule has 2 aliphatic rings. The van der Waals surface area contributed by atoms with Gasteiger partial charge in [0.15, 0.2) is 5.78 Å². The third-order valence-electron chi connectivity index (χ3n) is 3.80. The fourth-order valence-corrected chi connectivity index (χ4v) is 2.99. The van der Waals surface area contributed by atoms with E-state index in [1.807, 2.05) is 19.1 Å². The zero-order valence-electron chi connectivity index (χ0n) is 10.6. The summed E-state index contributed by atoms with van der Waals surface area (Å²) in [5.74, 6) is 0.394. The van der Waals surface area contributed by atoms with E-state index in [0.29, 0.717) is 12.1 Å². The van der Waals surface area contributed by atoms with Crippen molar-refractivity contribution in [3.63, 3.8) is 0 Å². The number of aromatic nitrogens is 1. The van der Waals surface area contributed by atoms with Gasteiger partial charge in [-0.15, -0.1) is 0 Å². The second-order valence-electron chi connectivity index (χ2n) is 5.32. The van der Waals surface area contributed by atoms with Gasteiger partial charge in [0.2, 0.25) is 0 Å². The van der Waals surface area contributed by atoms with Crippen LogP contribution in [0.25, 0.3) is 0 Å². The van der Waals surface area contributed by atoms with E-state index in [1.165, 1.54) is 0 Å². The van der Waals surface area contributed by atoms with Gasteiger partial charge in [-0.3, -0.25) is 9.78 Å². The van der Waals surface area contributed by atoms with Crippen LogP contribution in [-0.2, 0) is 4.74 Å². The van der Waals surface area contributed by atoms with Crippen molar-refractivity contribution >= 4 is 5.78 Å². The molecular weight excluding hydrogens is 228 g/mol. The average Bonchev–Trinajstić information content (AvgIpc) is 2.37. The van der Waals surface area contributed by atoms with Crippen LogP contribution in [-0.4, -0.2) is 36.1 Å². The average molecular weight is 246 g/mol. The predicted octanol–water partition coefficient (Wildman–Crippen LogP) is 1.34. The number of nitrogens with one attached hydrogen (secondary N) is 1. The normalized spacial score (nSPS) is 31.1. The number of aryl methyl sites for hydroxylation is 1. The minimum Gasteiger partial charge on any atom is -0.378 e. The van der Waals surface area contributed by atoms with Crippen molar-refractivity contribution in [1.29, 1.82) is 0 Å². The lowest BCUT2D eigenvalue weighted by atomic mass is 9.82. The van der Waals surface area contributed by atoms with Crippen molar-refractivity contribution < 1.29 is 9.53 Å². The summed E-state index contributed by atoms with van der Waals surface area (Å²) in [6.07, 6.45) is 3.49. The first-order chi connectivity index (χ1) is 8.72. The molecule has 2 atom stereocenters. The van der Waals surface area contributed by atoms with E-state index >= 15 is 0 Å². The fraction of sp³-hybridized carbons (Fsp3) is 0.571. The Hall–Kier alpha value is -1.26. The van der Waals surface area contributed by atoms with Crippen LogP contribution in [0.15, 0.2) is 18.3 Å². The minimum absolute atomic E-state index is 0.131. The molecule has 0 amide bonds. The van der Waals surface area contributed by atoms with Gasteiger partial charge in [0, 0.05) is 35.5 Å². The van der Waals surface area contributed by atoms with Crippen molar-refractivity contribution in [2.24, 2.45) is 5.92 Å². The molecule has 96 valence electrons. The Kier molecular flexibility index (Phi) is 3.14. The molecule has 3 rings (SSSR count). The quantitative estimate of drug-likeness (QED) is 0.800. The first-order valence-electron chi connectivity index (χ1n) is 6.53. The highest BCUT2D eigenvalue weighted by Gasteiger charge is 2.35. The molecule has 3 heterocycles. The van der Waals surface area contributed by atoms with Crippen LogP contribution in [0.2, 0.25) is 0 Å². The number of morpholine rings is 1. The van der Waals surface area contributed by atoms with Crippen molar-refractivity contribution in [2.75, 3.05) is 13.2 Å². The molecular formula is C14H18N2O2. The van der Waals surface area contributed by atoms with Crippen LogP contribution in [0, 0.1) is 12.8 Å². The van der Waals surface area contributed by atoms with Crippen LogP contribution in [0.5, 0.6) is 0 Å². The van der Waals surface area contributed by atoms with Gasteiger partial charge in [-0.05, 0) is 31.9 Å². The summed E-state index contributed by atoms with van der Waals surface area (Å²) in [5, 5.41) is 3.51. The third kappa shape index (κ3) is 2.31. The lowest BCUT2D eigenvalue weighted by Gasteiger charge is -2.39.